The van der Waals surface area contributed by atoms with Gasteiger partial charge < -0.3 is 9.40 Å². The summed E-state index contributed by atoms with van der Waals surface area (Å²) in [5, 5.41) is 1.90. The van der Waals surface area contributed by atoms with Crippen molar-refractivity contribution in [3.05, 3.63) is 132 Å². The first-order chi connectivity index (χ1) is 27.1. The Kier molecular flexibility index (Phi) is 11.3. The summed E-state index contributed by atoms with van der Waals surface area (Å²) in [5.41, 5.74) is 7.28. The third-order valence-electron chi connectivity index (χ3n) is 9.57. The second-order valence-electron chi connectivity index (χ2n) is 15.1. The molecule has 3 aromatic carbocycles. The molecule has 0 atom stereocenters. The summed E-state index contributed by atoms with van der Waals surface area (Å²) in [5.74, 6) is 6.27. The smallest absolute Gasteiger partial charge is 0.216 e. The third kappa shape index (κ3) is 9.45. The maximum Gasteiger partial charge on any atom is 0.216 e. The van der Waals surface area contributed by atoms with Crippen LogP contribution in [0.25, 0.3) is 55.8 Å². The molecule has 7 aromatic rings. The van der Waals surface area contributed by atoms with Gasteiger partial charge >= 0.3 is 132 Å². The van der Waals surface area contributed by atoms with Crippen LogP contribution in [0.4, 0.5) is 4.39 Å². The number of benzene rings is 3. The Balaban J connectivity index is 0.000000208. The van der Waals surface area contributed by atoms with Crippen molar-refractivity contribution in [1.82, 2.24) is 15.0 Å². The van der Waals surface area contributed by atoms with Crippen LogP contribution in [0.15, 0.2) is 108 Å². The molecule has 0 bridgehead atoms. The van der Waals surface area contributed by atoms with Crippen molar-refractivity contribution in [3.63, 3.8) is 0 Å². The molecule has 4 heterocycles. The minimum Gasteiger partial charge on any atom is -0.486 e. The van der Waals surface area contributed by atoms with Gasteiger partial charge in [0.1, 0.15) is 0 Å². The van der Waals surface area contributed by atoms with Gasteiger partial charge in [-0.05, 0) is 36.2 Å². The average Bonchev–Trinajstić information content (AvgIpc) is 3.60. The Morgan fingerprint density at radius 1 is 0.870 bits per heavy atom. The van der Waals surface area contributed by atoms with Crippen molar-refractivity contribution in [1.29, 1.82) is 0 Å². The average molecular weight is 959 g/mol. The van der Waals surface area contributed by atoms with E-state index in [4.69, 9.17) is 14.9 Å². The Morgan fingerprint density at radius 3 is 2.39 bits per heavy atom. The number of nitrogens with zero attached hydrogens (tertiary/aromatic N) is 3. The molecule has 1 radical (unpaired) electrons. The van der Waals surface area contributed by atoms with Gasteiger partial charge in [-0.1, -0.05) is 85.0 Å². The quantitative estimate of drug-likeness (QED) is 0.112. The number of hydrogen-bond donors (Lipinski definition) is 0. The van der Waals surface area contributed by atoms with Gasteiger partial charge in [-0.15, -0.1) is 18.2 Å². The van der Waals surface area contributed by atoms with Gasteiger partial charge in [0.2, 0.25) is 5.71 Å². The molecule has 0 saturated heterocycles. The van der Waals surface area contributed by atoms with E-state index in [9.17, 15) is 4.39 Å². The summed E-state index contributed by atoms with van der Waals surface area (Å²) < 4.78 is 55.3. The van der Waals surface area contributed by atoms with E-state index in [-0.39, 0.29) is 37.8 Å². The van der Waals surface area contributed by atoms with E-state index in [1.165, 1.54) is 18.6 Å². The molecule has 1 aliphatic rings. The Labute approximate surface area is 341 Å². The van der Waals surface area contributed by atoms with E-state index >= 15 is 0 Å². The molecule has 279 valence electrons. The predicted molar refractivity (Wildman–Crippen MR) is 219 cm³/mol. The molecule has 0 aliphatic heterocycles. The normalized spacial score (nSPS) is 15.1. The summed E-state index contributed by atoms with van der Waals surface area (Å²) in [7, 11) is 0. The van der Waals surface area contributed by atoms with E-state index in [0.29, 0.717) is 33.8 Å². The van der Waals surface area contributed by atoms with Crippen LogP contribution in [-0.2, 0) is 32.9 Å². The fourth-order valence-corrected chi connectivity index (χ4v) is 9.86. The van der Waals surface area contributed by atoms with Gasteiger partial charge in [0.15, 0.2) is 0 Å². The van der Waals surface area contributed by atoms with Crippen LogP contribution in [0.3, 0.4) is 0 Å². The zero-order valence-corrected chi connectivity index (χ0v) is 36.0. The largest absolute Gasteiger partial charge is 0.486 e. The van der Waals surface area contributed by atoms with Gasteiger partial charge in [-0.2, -0.15) is 0 Å². The molecule has 4 aromatic heterocycles. The Bertz CT molecular complexity index is 2500. The molecule has 1 fully saturated rings. The SMILES string of the molecule is [2H]C([2H])(c1cc(-c2[c-]cc(F)cc2)nc[c]1[Ge]([CH3])([CH3])[CH3])C(C)C.[2H]C([2H])(c1ccnc(-c2[c-]ccc3c2oc2nc(-c4ccccc4)ccc23)c1)C1CCCCC1.[Ir]. The fourth-order valence-electron chi connectivity index (χ4n) is 6.92. The summed E-state index contributed by atoms with van der Waals surface area (Å²) in [6.45, 7) is 3.78. The molecule has 0 amide bonds. The molecule has 1 aliphatic carbocycles. The molecular weight excluding hydrogens is 906 g/mol. The van der Waals surface area contributed by atoms with E-state index in [2.05, 4.69) is 39.4 Å². The van der Waals surface area contributed by atoms with Crippen molar-refractivity contribution in [3.8, 4) is 33.8 Å². The maximum atomic E-state index is 13.1. The minimum absolute atomic E-state index is 0. The molecule has 0 N–H and O–H groups in total. The third-order valence-corrected chi connectivity index (χ3v) is 13.8. The summed E-state index contributed by atoms with van der Waals surface area (Å²) in [6, 6.07) is 33.9. The van der Waals surface area contributed by atoms with E-state index in [0.717, 1.165) is 63.2 Å². The van der Waals surface area contributed by atoms with Crippen molar-refractivity contribution >= 4 is 39.7 Å². The summed E-state index contributed by atoms with van der Waals surface area (Å²) in [6.07, 6.45) is 6.00. The summed E-state index contributed by atoms with van der Waals surface area (Å²) in [4.78, 5) is 13.9. The van der Waals surface area contributed by atoms with Crippen LogP contribution >= 0.6 is 0 Å². The van der Waals surface area contributed by atoms with Crippen molar-refractivity contribution in [2.24, 2.45) is 11.8 Å². The van der Waals surface area contributed by atoms with Crippen LogP contribution < -0.4 is 4.40 Å². The van der Waals surface area contributed by atoms with E-state index < -0.39 is 26.0 Å². The van der Waals surface area contributed by atoms with Crippen molar-refractivity contribution in [2.45, 2.75) is 76.0 Å². The van der Waals surface area contributed by atoms with Crippen LogP contribution in [-0.4, -0.2) is 28.2 Å². The molecular formula is C47H48FGeIrN3O-2. The number of rotatable bonds is 8. The predicted octanol–water partition coefficient (Wildman–Crippen LogP) is 12.1. The van der Waals surface area contributed by atoms with Gasteiger partial charge in [0.25, 0.3) is 0 Å². The van der Waals surface area contributed by atoms with E-state index in [1.54, 1.807) is 12.3 Å². The zero-order chi connectivity index (χ0) is 40.5. The van der Waals surface area contributed by atoms with Gasteiger partial charge in [0.05, 0.1) is 11.3 Å². The molecule has 4 nitrogen and oxygen atoms in total. The molecule has 0 unspecified atom stereocenters. The van der Waals surface area contributed by atoms with Crippen LogP contribution in [0.5, 0.6) is 0 Å². The number of halogens is 1. The van der Waals surface area contributed by atoms with Crippen LogP contribution in [0, 0.1) is 29.8 Å². The fraction of sp³-hybridized carbons (Fsp3) is 0.298. The first-order valence-electron chi connectivity index (χ1n) is 20.6. The van der Waals surface area contributed by atoms with E-state index in [1.807, 2.05) is 92.8 Å². The first-order valence-corrected chi connectivity index (χ1v) is 25.9. The molecule has 0 spiro atoms. The topological polar surface area (TPSA) is 51.8 Å². The van der Waals surface area contributed by atoms with Crippen molar-refractivity contribution in [2.75, 3.05) is 0 Å². The van der Waals surface area contributed by atoms with Crippen LogP contribution in [0.2, 0.25) is 17.3 Å². The molecule has 8 rings (SSSR count). The first kappa shape index (κ1) is 34.5. The second kappa shape index (κ2) is 17.7. The number of aromatic nitrogens is 3. The van der Waals surface area contributed by atoms with Gasteiger partial charge in [-0.3, -0.25) is 0 Å². The zero-order valence-electron chi connectivity index (χ0n) is 35.5. The minimum atomic E-state index is -2.27. The number of furan rings is 1. The Morgan fingerprint density at radius 2 is 1.67 bits per heavy atom. The molecule has 54 heavy (non-hydrogen) atoms. The van der Waals surface area contributed by atoms with Gasteiger partial charge in [-0.25, -0.2) is 4.98 Å². The monoisotopic (exact) mass is 960 g/mol. The standard InChI is InChI=1S/C29H25N2O.C18H23FGeN.Ir/c1-3-8-20(9-4-1)18-21-16-17-30-27(19-21)25-13-7-12-23-24-14-15-26(22-10-5-2-6-11-22)31-29(24)32-28(23)25;1-13(2)10-15-11-18(14-6-8-16(19)9-7-14)21-12-17(15)20(3,4)5;/h2,5-7,10-12,14-17,19-20H,1,3-4,8-9,18H2;6,8-9,11-13H,10H2,1-5H3;/q2*-1;/i18D2;10D2;. The number of hydrogen-bond acceptors (Lipinski definition) is 4. The number of pyridine rings is 3. The summed E-state index contributed by atoms with van der Waals surface area (Å²) >= 11 is -2.27. The molecule has 7 heteroatoms. The molecule has 1 saturated carbocycles. The Hall–Kier alpha value is -3.97. The van der Waals surface area contributed by atoms with Crippen LogP contribution in [0.1, 0.15) is 62.6 Å². The van der Waals surface area contributed by atoms with Crippen molar-refractivity contribution < 1.29 is 34.4 Å². The second-order valence-corrected chi connectivity index (χ2v) is 25.7. The number of fused-ring (bicyclic) bond motifs is 3. The maximum absolute atomic E-state index is 13.1. The van der Waals surface area contributed by atoms with Gasteiger partial charge in [0, 0.05) is 40.0 Å².